The summed E-state index contributed by atoms with van der Waals surface area (Å²) in [5, 5.41) is 8.66. The molecule has 1 rings (SSSR count). The third-order valence-corrected chi connectivity index (χ3v) is 2.71. The van der Waals surface area contributed by atoms with Crippen LogP contribution < -0.4 is 4.74 Å². The largest absolute Gasteiger partial charge is 0.494 e. The average Bonchev–Trinajstić information content (AvgIpc) is 2.24. The predicted molar refractivity (Wildman–Crippen MR) is 66.3 cm³/mol. The molecule has 1 aromatic carbocycles. The quantitative estimate of drug-likeness (QED) is 0.744. The lowest BCUT2D eigenvalue weighted by molar-refractivity contribution is -0.136. The molecule has 0 spiro atoms. The summed E-state index contributed by atoms with van der Waals surface area (Å²) in [6.07, 6.45) is 3.11. The first-order valence-corrected chi connectivity index (χ1v) is 6.54. The van der Waals surface area contributed by atoms with Crippen LogP contribution >= 0.6 is 11.8 Å². The highest BCUT2D eigenvalue weighted by atomic mass is 32.2. The molecule has 0 unspecified atom stereocenters. The number of rotatable bonds is 7. The first-order chi connectivity index (χ1) is 7.72. The van der Waals surface area contributed by atoms with Gasteiger partial charge >= 0.3 is 5.97 Å². The molecule has 1 aromatic rings. The minimum atomic E-state index is -0.820. The molecule has 0 saturated carbocycles. The van der Waals surface area contributed by atoms with Crippen molar-refractivity contribution in [2.75, 3.05) is 18.6 Å². The first kappa shape index (κ1) is 12.9. The average molecular weight is 240 g/mol. The number of carboxylic acid groups (broad SMARTS) is 1. The molecule has 4 heteroatoms. The van der Waals surface area contributed by atoms with Crippen LogP contribution in [0, 0.1) is 0 Å². The Morgan fingerprint density at radius 3 is 3.00 bits per heavy atom. The summed E-state index contributed by atoms with van der Waals surface area (Å²) < 4.78 is 5.52. The van der Waals surface area contributed by atoms with Crippen molar-refractivity contribution in [3.63, 3.8) is 0 Å². The molecule has 16 heavy (non-hydrogen) atoms. The number of carbonyl (C=O) groups is 1. The Bertz CT molecular complexity index is 339. The molecule has 0 atom stereocenters. The molecule has 0 aromatic heterocycles. The normalized spacial score (nSPS) is 10.1. The maximum absolute atomic E-state index is 10.5. The molecular formula is C12H16O3S. The van der Waals surface area contributed by atoms with Gasteiger partial charge in [-0.3, -0.25) is 4.79 Å². The van der Waals surface area contributed by atoms with Gasteiger partial charge in [0.05, 0.1) is 13.0 Å². The van der Waals surface area contributed by atoms with Gasteiger partial charge in [0.25, 0.3) is 0 Å². The maximum Gasteiger partial charge on any atom is 0.307 e. The summed E-state index contributed by atoms with van der Waals surface area (Å²) in [7, 11) is 0. The number of benzene rings is 1. The van der Waals surface area contributed by atoms with Crippen LogP contribution in [0.25, 0.3) is 0 Å². The van der Waals surface area contributed by atoms with Crippen molar-refractivity contribution < 1.29 is 14.6 Å². The van der Waals surface area contributed by atoms with Gasteiger partial charge in [-0.2, -0.15) is 11.8 Å². The lowest BCUT2D eigenvalue weighted by atomic mass is 10.1. The van der Waals surface area contributed by atoms with Crippen LogP contribution in [0.4, 0.5) is 0 Å². The lowest BCUT2D eigenvalue weighted by Crippen LogP contribution is -2.02. The molecular weight excluding hydrogens is 224 g/mol. The van der Waals surface area contributed by atoms with Crippen LogP contribution in [-0.4, -0.2) is 29.7 Å². The molecule has 1 N–H and O–H groups in total. The van der Waals surface area contributed by atoms with Gasteiger partial charge in [-0.15, -0.1) is 0 Å². The third-order valence-electron chi connectivity index (χ3n) is 2.02. The molecule has 0 heterocycles. The van der Waals surface area contributed by atoms with Crippen molar-refractivity contribution in [3.05, 3.63) is 29.8 Å². The second-order valence-electron chi connectivity index (χ2n) is 3.41. The lowest BCUT2D eigenvalue weighted by Gasteiger charge is -2.06. The second kappa shape index (κ2) is 7.17. The third kappa shape index (κ3) is 5.07. The van der Waals surface area contributed by atoms with Crippen LogP contribution in [0.1, 0.15) is 12.0 Å². The van der Waals surface area contributed by atoms with Gasteiger partial charge < -0.3 is 9.84 Å². The van der Waals surface area contributed by atoms with E-state index < -0.39 is 5.97 Å². The molecule has 0 amide bonds. The number of hydrogen-bond acceptors (Lipinski definition) is 3. The zero-order valence-electron chi connectivity index (χ0n) is 9.31. The number of ether oxygens (including phenoxy) is 1. The molecule has 0 saturated heterocycles. The standard InChI is InChI=1S/C12H16O3S/c1-16-7-3-6-15-11-5-2-4-10(8-11)9-12(13)14/h2,4-5,8H,3,6-7,9H2,1H3,(H,13,14). The summed E-state index contributed by atoms with van der Waals surface area (Å²) in [5.41, 5.74) is 0.773. The van der Waals surface area contributed by atoms with E-state index in [0.717, 1.165) is 23.5 Å². The monoisotopic (exact) mass is 240 g/mol. The Hall–Kier alpha value is -1.16. The molecule has 0 aliphatic carbocycles. The fourth-order valence-electron chi connectivity index (χ4n) is 1.31. The van der Waals surface area contributed by atoms with E-state index in [1.165, 1.54) is 0 Å². The molecule has 88 valence electrons. The van der Waals surface area contributed by atoms with E-state index in [2.05, 4.69) is 6.26 Å². The van der Waals surface area contributed by atoms with E-state index in [9.17, 15) is 4.79 Å². The number of hydrogen-bond donors (Lipinski definition) is 1. The summed E-state index contributed by atoms with van der Waals surface area (Å²) in [6, 6.07) is 7.25. The maximum atomic E-state index is 10.5. The van der Waals surface area contributed by atoms with Crippen molar-refractivity contribution in [1.29, 1.82) is 0 Å². The van der Waals surface area contributed by atoms with Crippen LogP contribution in [0.2, 0.25) is 0 Å². The van der Waals surface area contributed by atoms with Gasteiger partial charge in [-0.05, 0) is 36.1 Å². The first-order valence-electron chi connectivity index (χ1n) is 5.15. The van der Waals surface area contributed by atoms with Gasteiger partial charge in [-0.1, -0.05) is 12.1 Å². The van der Waals surface area contributed by atoms with Crippen molar-refractivity contribution in [3.8, 4) is 5.75 Å². The Balaban J connectivity index is 2.44. The number of carboxylic acids is 1. The molecule has 0 bridgehead atoms. The second-order valence-corrected chi connectivity index (χ2v) is 4.40. The van der Waals surface area contributed by atoms with Crippen LogP contribution in [0.15, 0.2) is 24.3 Å². The topological polar surface area (TPSA) is 46.5 Å². The highest BCUT2D eigenvalue weighted by Crippen LogP contribution is 2.14. The Morgan fingerprint density at radius 2 is 2.31 bits per heavy atom. The zero-order valence-corrected chi connectivity index (χ0v) is 10.1. The van der Waals surface area contributed by atoms with E-state index in [-0.39, 0.29) is 6.42 Å². The molecule has 3 nitrogen and oxygen atoms in total. The van der Waals surface area contributed by atoms with Gasteiger partial charge in [-0.25, -0.2) is 0 Å². The smallest absolute Gasteiger partial charge is 0.307 e. The summed E-state index contributed by atoms with van der Waals surface area (Å²) >= 11 is 1.79. The van der Waals surface area contributed by atoms with Crippen molar-refractivity contribution in [2.24, 2.45) is 0 Å². The van der Waals surface area contributed by atoms with E-state index in [0.29, 0.717) is 6.61 Å². The predicted octanol–water partition coefficient (Wildman–Crippen LogP) is 2.45. The van der Waals surface area contributed by atoms with Gasteiger partial charge in [0.1, 0.15) is 5.75 Å². The molecule has 0 aliphatic heterocycles. The number of aliphatic carboxylic acids is 1. The van der Waals surface area contributed by atoms with Crippen molar-refractivity contribution in [1.82, 2.24) is 0 Å². The Kier molecular flexibility index (Phi) is 5.78. The SMILES string of the molecule is CSCCCOc1cccc(CC(=O)O)c1. The van der Waals surface area contributed by atoms with E-state index >= 15 is 0 Å². The van der Waals surface area contributed by atoms with E-state index in [1.807, 2.05) is 12.1 Å². The van der Waals surface area contributed by atoms with E-state index in [1.54, 1.807) is 23.9 Å². The summed E-state index contributed by atoms with van der Waals surface area (Å²) in [5.74, 6) is 1.01. The van der Waals surface area contributed by atoms with Crippen LogP contribution in [0.5, 0.6) is 5.75 Å². The van der Waals surface area contributed by atoms with Crippen molar-refractivity contribution >= 4 is 17.7 Å². The zero-order chi connectivity index (χ0) is 11.8. The molecule has 0 fully saturated rings. The van der Waals surface area contributed by atoms with E-state index in [4.69, 9.17) is 9.84 Å². The highest BCUT2D eigenvalue weighted by Gasteiger charge is 2.01. The number of thioether (sulfide) groups is 1. The summed E-state index contributed by atoms with van der Waals surface area (Å²) in [4.78, 5) is 10.5. The van der Waals surface area contributed by atoms with Gasteiger partial charge in [0, 0.05) is 0 Å². The summed E-state index contributed by atoms with van der Waals surface area (Å²) in [6.45, 7) is 0.678. The fourth-order valence-corrected chi connectivity index (χ4v) is 1.72. The van der Waals surface area contributed by atoms with Gasteiger partial charge in [0.15, 0.2) is 0 Å². The Labute approximate surface area is 99.8 Å². The van der Waals surface area contributed by atoms with Crippen LogP contribution in [-0.2, 0) is 11.2 Å². The highest BCUT2D eigenvalue weighted by molar-refractivity contribution is 7.98. The van der Waals surface area contributed by atoms with Crippen LogP contribution in [0.3, 0.4) is 0 Å². The minimum Gasteiger partial charge on any atom is -0.494 e. The minimum absolute atomic E-state index is 0.0437. The van der Waals surface area contributed by atoms with Gasteiger partial charge in [0.2, 0.25) is 0 Å². The molecule has 0 radical (unpaired) electrons. The fraction of sp³-hybridized carbons (Fsp3) is 0.417. The van der Waals surface area contributed by atoms with Crippen molar-refractivity contribution in [2.45, 2.75) is 12.8 Å². The molecule has 0 aliphatic rings. The Morgan fingerprint density at radius 1 is 1.50 bits per heavy atom.